The number of hydrogen-bond donors (Lipinski definition) is 2. The van der Waals surface area contributed by atoms with Crippen LogP contribution in [-0.2, 0) is 11.3 Å². The number of ether oxygens (including phenoxy) is 1. The van der Waals surface area contributed by atoms with Gasteiger partial charge in [0.1, 0.15) is 5.75 Å². The summed E-state index contributed by atoms with van der Waals surface area (Å²) in [5.74, 6) is 0.891. The third kappa shape index (κ3) is 6.35. The highest BCUT2D eigenvalue weighted by molar-refractivity contribution is 7.99. The van der Waals surface area contributed by atoms with Crippen LogP contribution in [0.4, 0.5) is 5.69 Å². The minimum Gasteiger partial charge on any atom is -0.497 e. The highest BCUT2D eigenvalue weighted by Gasteiger charge is 2.19. The quantitative estimate of drug-likeness (QED) is 0.267. The molecule has 1 heterocycles. The van der Waals surface area contributed by atoms with Crippen LogP contribution in [0.25, 0.3) is 5.69 Å². The van der Waals surface area contributed by atoms with Crippen LogP contribution in [0.2, 0.25) is 5.02 Å². The molecular weight excluding hydrogens is 522 g/mol. The van der Waals surface area contributed by atoms with E-state index in [0.29, 0.717) is 27.3 Å². The van der Waals surface area contributed by atoms with Gasteiger partial charge in [0.15, 0.2) is 11.0 Å². The molecule has 1 aromatic heterocycles. The average Bonchev–Trinajstić information content (AvgIpc) is 3.32. The first-order valence-electron chi connectivity index (χ1n) is 11.9. The van der Waals surface area contributed by atoms with E-state index in [2.05, 4.69) is 20.8 Å². The van der Waals surface area contributed by atoms with E-state index < -0.39 is 0 Å². The normalized spacial score (nSPS) is 10.8. The number of nitrogens with one attached hydrogen (secondary N) is 2. The molecule has 4 rings (SSSR count). The summed E-state index contributed by atoms with van der Waals surface area (Å²) in [7, 11) is 1.57. The van der Waals surface area contributed by atoms with Gasteiger partial charge in [-0.3, -0.25) is 14.2 Å². The molecule has 196 valence electrons. The van der Waals surface area contributed by atoms with Gasteiger partial charge in [0.05, 0.1) is 25.1 Å². The fourth-order valence-corrected chi connectivity index (χ4v) is 4.71. The molecule has 0 aliphatic rings. The molecule has 0 fully saturated rings. The van der Waals surface area contributed by atoms with E-state index in [1.54, 1.807) is 37.4 Å². The van der Waals surface area contributed by atoms with E-state index in [-0.39, 0.29) is 24.1 Å². The van der Waals surface area contributed by atoms with Gasteiger partial charge in [-0.25, -0.2) is 0 Å². The van der Waals surface area contributed by atoms with Crippen LogP contribution in [0.15, 0.2) is 65.8 Å². The number of halogens is 1. The Hall–Kier alpha value is -3.82. The molecule has 0 unspecified atom stereocenters. The number of aromatic nitrogens is 3. The first-order chi connectivity index (χ1) is 18.3. The largest absolute Gasteiger partial charge is 0.497 e. The van der Waals surface area contributed by atoms with Crippen molar-refractivity contribution < 1.29 is 14.3 Å². The van der Waals surface area contributed by atoms with Gasteiger partial charge in [-0.05, 0) is 79.9 Å². The van der Waals surface area contributed by atoms with Crippen LogP contribution in [0.5, 0.6) is 5.75 Å². The van der Waals surface area contributed by atoms with Crippen LogP contribution in [-0.4, -0.2) is 39.4 Å². The number of thioether (sulfide) groups is 1. The lowest BCUT2D eigenvalue weighted by Crippen LogP contribution is -2.24. The second kappa shape index (κ2) is 12.1. The van der Waals surface area contributed by atoms with Crippen LogP contribution in [0, 0.1) is 20.8 Å². The van der Waals surface area contributed by atoms with Gasteiger partial charge in [0.25, 0.3) is 5.91 Å². The molecule has 2 N–H and O–H groups in total. The lowest BCUT2D eigenvalue weighted by atomic mass is 10.1. The highest BCUT2D eigenvalue weighted by Crippen LogP contribution is 2.28. The third-order valence-corrected chi connectivity index (χ3v) is 7.28. The minimum absolute atomic E-state index is 0.124. The number of rotatable bonds is 9. The lowest BCUT2D eigenvalue weighted by molar-refractivity contribution is -0.113. The summed E-state index contributed by atoms with van der Waals surface area (Å²) in [5.41, 5.74) is 4.93. The Labute approximate surface area is 230 Å². The predicted molar refractivity (Wildman–Crippen MR) is 151 cm³/mol. The van der Waals surface area contributed by atoms with Crippen LogP contribution in [0.1, 0.15) is 32.9 Å². The van der Waals surface area contributed by atoms with E-state index in [4.69, 9.17) is 16.3 Å². The van der Waals surface area contributed by atoms with Crippen LogP contribution < -0.4 is 15.4 Å². The number of benzene rings is 3. The molecular formula is C28H28ClN5O3S. The Bertz CT molecular complexity index is 1470. The zero-order valence-corrected chi connectivity index (χ0v) is 23.1. The van der Waals surface area contributed by atoms with Gasteiger partial charge in [0, 0.05) is 16.3 Å². The summed E-state index contributed by atoms with van der Waals surface area (Å²) in [6.07, 6.45) is 0. The zero-order valence-electron chi connectivity index (χ0n) is 21.5. The second-order valence-electron chi connectivity index (χ2n) is 8.68. The van der Waals surface area contributed by atoms with E-state index >= 15 is 0 Å². The van der Waals surface area contributed by atoms with E-state index in [1.807, 2.05) is 55.7 Å². The predicted octanol–water partition coefficient (Wildman–Crippen LogP) is 5.52. The highest BCUT2D eigenvalue weighted by atomic mass is 35.5. The Morgan fingerprint density at radius 1 is 1.03 bits per heavy atom. The molecule has 0 saturated carbocycles. The Morgan fingerprint density at radius 3 is 2.53 bits per heavy atom. The van der Waals surface area contributed by atoms with Gasteiger partial charge in [0.2, 0.25) is 5.91 Å². The maximum Gasteiger partial charge on any atom is 0.251 e. The fourth-order valence-electron chi connectivity index (χ4n) is 3.78. The maximum absolute atomic E-state index is 12.8. The molecule has 0 bridgehead atoms. The van der Waals surface area contributed by atoms with Gasteiger partial charge in [-0.1, -0.05) is 41.6 Å². The Balaban J connectivity index is 1.54. The Kier molecular flexibility index (Phi) is 8.70. The third-order valence-electron chi connectivity index (χ3n) is 5.94. The SMILES string of the molecule is COc1ccc(C(=O)NCc2nnc(SCC(=O)Nc3cc(C)ccc3C)n2-c2cccc(Cl)c2C)cc1. The minimum atomic E-state index is -0.257. The topological polar surface area (TPSA) is 98.1 Å². The maximum atomic E-state index is 12.8. The van der Waals surface area contributed by atoms with Crippen LogP contribution >= 0.6 is 23.4 Å². The molecule has 8 nitrogen and oxygen atoms in total. The number of methoxy groups -OCH3 is 1. The van der Waals surface area contributed by atoms with Crippen molar-refractivity contribution in [1.82, 2.24) is 20.1 Å². The van der Waals surface area contributed by atoms with Crippen molar-refractivity contribution in [3.8, 4) is 11.4 Å². The van der Waals surface area contributed by atoms with Gasteiger partial charge in [-0.15, -0.1) is 10.2 Å². The lowest BCUT2D eigenvalue weighted by Gasteiger charge is -2.14. The monoisotopic (exact) mass is 549 g/mol. The zero-order chi connectivity index (χ0) is 27.2. The van der Waals surface area contributed by atoms with Crippen molar-refractivity contribution >= 4 is 40.9 Å². The van der Waals surface area contributed by atoms with Crippen molar-refractivity contribution in [1.29, 1.82) is 0 Å². The molecule has 0 atom stereocenters. The second-order valence-corrected chi connectivity index (χ2v) is 10.0. The summed E-state index contributed by atoms with van der Waals surface area (Å²) < 4.78 is 6.98. The number of nitrogens with zero attached hydrogens (tertiary/aromatic N) is 3. The van der Waals surface area contributed by atoms with Crippen molar-refractivity contribution in [3.63, 3.8) is 0 Å². The number of hydrogen-bond acceptors (Lipinski definition) is 6. The van der Waals surface area contributed by atoms with E-state index in [1.165, 1.54) is 11.8 Å². The summed E-state index contributed by atoms with van der Waals surface area (Å²) in [6, 6.07) is 18.3. The van der Waals surface area contributed by atoms with Gasteiger partial charge < -0.3 is 15.4 Å². The van der Waals surface area contributed by atoms with Crippen molar-refractivity contribution in [3.05, 3.63) is 93.8 Å². The van der Waals surface area contributed by atoms with Crippen molar-refractivity contribution in [2.45, 2.75) is 32.5 Å². The summed E-state index contributed by atoms with van der Waals surface area (Å²) in [6.45, 7) is 5.96. The molecule has 3 aromatic carbocycles. The number of carbonyl (C=O) groups excluding carboxylic acids is 2. The molecule has 4 aromatic rings. The molecule has 0 saturated heterocycles. The summed E-state index contributed by atoms with van der Waals surface area (Å²) >= 11 is 7.67. The molecule has 2 amide bonds. The molecule has 0 aliphatic heterocycles. The number of anilines is 1. The number of aryl methyl sites for hydroxylation is 2. The number of amides is 2. The van der Waals surface area contributed by atoms with Gasteiger partial charge in [-0.2, -0.15) is 0 Å². The molecule has 10 heteroatoms. The van der Waals surface area contributed by atoms with Gasteiger partial charge >= 0.3 is 0 Å². The molecule has 0 aliphatic carbocycles. The summed E-state index contributed by atoms with van der Waals surface area (Å²) in [5, 5.41) is 15.6. The fraction of sp³-hybridized carbons (Fsp3) is 0.214. The summed E-state index contributed by atoms with van der Waals surface area (Å²) in [4.78, 5) is 25.5. The molecule has 0 radical (unpaired) electrons. The van der Waals surface area contributed by atoms with Crippen LogP contribution in [0.3, 0.4) is 0 Å². The van der Waals surface area contributed by atoms with Crippen molar-refractivity contribution in [2.75, 3.05) is 18.2 Å². The smallest absolute Gasteiger partial charge is 0.251 e. The molecule has 0 spiro atoms. The van der Waals surface area contributed by atoms with Crippen molar-refractivity contribution in [2.24, 2.45) is 0 Å². The molecule has 38 heavy (non-hydrogen) atoms. The first kappa shape index (κ1) is 27.2. The van der Waals surface area contributed by atoms with E-state index in [0.717, 1.165) is 28.1 Å². The first-order valence-corrected chi connectivity index (χ1v) is 13.2. The Morgan fingerprint density at radius 2 is 1.79 bits per heavy atom. The standard InChI is InChI=1S/C28H28ClN5O3S/c1-17-8-9-18(2)23(14-17)31-26(35)16-38-28-33-32-25(34(28)24-7-5-6-22(29)19(24)3)15-30-27(36)20-10-12-21(37-4)13-11-20/h5-14H,15-16H2,1-4H3,(H,30,36)(H,31,35). The van der Waals surface area contributed by atoms with E-state index in [9.17, 15) is 9.59 Å². The number of carbonyl (C=O) groups is 2. The average molecular weight is 550 g/mol.